The van der Waals surface area contributed by atoms with Gasteiger partial charge in [-0.05, 0) is 43.4 Å². The maximum absolute atomic E-state index is 12.5. The first kappa shape index (κ1) is 14.0. The van der Waals surface area contributed by atoms with E-state index in [0.29, 0.717) is 6.54 Å². The van der Waals surface area contributed by atoms with Crippen LogP contribution in [0.5, 0.6) is 0 Å². The zero-order chi connectivity index (χ0) is 14.7. The van der Waals surface area contributed by atoms with Crippen LogP contribution in [0.4, 0.5) is 5.69 Å². The molecule has 1 aliphatic rings. The van der Waals surface area contributed by atoms with Crippen LogP contribution >= 0.6 is 11.5 Å². The molecule has 1 amide bonds. The molecule has 110 valence electrons. The first-order valence-corrected chi connectivity index (χ1v) is 7.93. The Morgan fingerprint density at radius 2 is 2.10 bits per heavy atom. The molecule has 21 heavy (non-hydrogen) atoms. The summed E-state index contributed by atoms with van der Waals surface area (Å²) in [6.07, 6.45) is 2.39. The van der Waals surface area contributed by atoms with Crippen LogP contribution in [0.25, 0.3) is 0 Å². The van der Waals surface area contributed by atoms with Crippen molar-refractivity contribution in [2.24, 2.45) is 0 Å². The first-order valence-electron chi connectivity index (χ1n) is 7.15. The fourth-order valence-corrected chi connectivity index (χ4v) is 3.14. The maximum Gasteiger partial charge on any atom is 0.253 e. The fraction of sp³-hybridized carbons (Fsp3) is 0.400. The van der Waals surface area contributed by atoms with Gasteiger partial charge in [0.1, 0.15) is 0 Å². The van der Waals surface area contributed by atoms with Crippen molar-refractivity contribution in [1.29, 1.82) is 0 Å². The highest BCUT2D eigenvalue weighted by atomic mass is 32.1. The Morgan fingerprint density at radius 3 is 2.81 bits per heavy atom. The zero-order valence-corrected chi connectivity index (χ0v) is 12.8. The van der Waals surface area contributed by atoms with E-state index in [9.17, 15) is 4.79 Å². The lowest BCUT2D eigenvalue weighted by Crippen LogP contribution is -2.27. The largest absolute Gasteiger partial charge is 0.371 e. The molecule has 0 spiro atoms. The van der Waals surface area contributed by atoms with Gasteiger partial charge in [-0.3, -0.25) is 4.79 Å². The van der Waals surface area contributed by atoms with Gasteiger partial charge >= 0.3 is 0 Å². The molecule has 1 aliphatic heterocycles. The molecule has 6 heteroatoms. The van der Waals surface area contributed by atoms with Crippen LogP contribution in [0, 0.1) is 6.92 Å². The minimum Gasteiger partial charge on any atom is -0.371 e. The molecule has 0 atom stereocenters. The third-order valence-corrected chi connectivity index (χ3v) is 4.57. The molecule has 1 aromatic heterocycles. The van der Waals surface area contributed by atoms with Gasteiger partial charge in [0, 0.05) is 18.8 Å². The summed E-state index contributed by atoms with van der Waals surface area (Å²) >= 11 is 1.33. The molecule has 1 fully saturated rings. The molecule has 3 rings (SSSR count). The van der Waals surface area contributed by atoms with Crippen LogP contribution in [0.1, 0.15) is 33.8 Å². The quantitative estimate of drug-likeness (QED) is 0.942. The number of carbonyl (C=O) groups is 1. The smallest absolute Gasteiger partial charge is 0.253 e. The van der Waals surface area contributed by atoms with Crippen molar-refractivity contribution in [3.63, 3.8) is 0 Å². The molecule has 0 unspecified atom stereocenters. The number of hydrogen-bond donors (Lipinski definition) is 1. The molecule has 0 saturated carbocycles. The number of amides is 1. The van der Waals surface area contributed by atoms with Gasteiger partial charge in [0.05, 0.1) is 22.7 Å². The summed E-state index contributed by atoms with van der Waals surface area (Å²) in [5.74, 6) is -0.0368. The number of rotatable bonds is 4. The molecule has 2 heterocycles. The van der Waals surface area contributed by atoms with Gasteiger partial charge in [-0.2, -0.15) is 0 Å². The standard InChI is InChI=1S/C15H18N4OS/c1-11-14(21-18-17-11)10-16-15(20)12-6-2-3-7-13(12)19-8-4-5-9-19/h2-3,6-7H,4-5,8-10H2,1H3,(H,16,20). The summed E-state index contributed by atoms with van der Waals surface area (Å²) in [6.45, 7) is 4.45. The summed E-state index contributed by atoms with van der Waals surface area (Å²) in [7, 11) is 0. The summed E-state index contributed by atoms with van der Waals surface area (Å²) < 4.78 is 3.89. The van der Waals surface area contributed by atoms with Crippen molar-refractivity contribution in [2.45, 2.75) is 26.3 Å². The monoisotopic (exact) mass is 302 g/mol. The summed E-state index contributed by atoms with van der Waals surface area (Å²) in [6, 6.07) is 7.82. The lowest BCUT2D eigenvalue weighted by molar-refractivity contribution is 0.0952. The number of aryl methyl sites for hydroxylation is 1. The van der Waals surface area contributed by atoms with E-state index in [1.54, 1.807) is 0 Å². The van der Waals surface area contributed by atoms with Crippen LogP contribution in [0.15, 0.2) is 24.3 Å². The van der Waals surface area contributed by atoms with Crippen molar-refractivity contribution in [3.05, 3.63) is 40.4 Å². The van der Waals surface area contributed by atoms with Gasteiger partial charge in [0.2, 0.25) is 0 Å². The van der Waals surface area contributed by atoms with Crippen molar-refractivity contribution >= 4 is 23.1 Å². The van der Waals surface area contributed by atoms with Gasteiger partial charge in [-0.25, -0.2) is 0 Å². The Kier molecular flexibility index (Phi) is 4.15. The van der Waals surface area contributed by atoms with E-state index in [0.717, 1.165) is 34.9 Å². The second-order valence-corrected chi connectivity index (χ2v) is 6.01. The first-order chi connectivity index (χ1) is 10.3. The average Bonchev–Trinajstić information content (AvgIpc) is 3.16. The molecular formula is C15H18N4OS. The van der Waals surface area contributed by atoms with Crippen LogP contribution in [0.2, 0.25) is 0 Å². The third-order valence-electron chi connectivity index (χ3n) is 3.75. The summed E-state index contributed by atoms with van der Waals surface area (Å²) in [5, 5.41) is 6.93. The second-order valence-electron chi connectivity index (χ2n) is 5.18. The van der Waals surface area contributed by atoms with Crippen molar-refractivity contribution in [2.75, 3.05) is 18.0 Å². The number of nitrogens with zero attached hydrogens (tertiary/aromatic N) is 3. The molecular weight excluding hydrogens is 284 g/mol. The van der Waals surface area contributed by atoms with Gasteiger partial charge in [-0.1, -0.05) is 16.6 Å². The number of benzene rings is 1. The van der Waals surface area contributed by atoms with E-state index in [4.69, 9.17) is 0 Å². The number of nitrogens with one attached hydrogen (secondary N) is 1. The highest BCUT2D eigenvalue weighted by molar-refractivity contribution is 7.05. The Labute approximate surface area is 128 Å². The summed E-state index contributed by atoms with van der Waals surface area (Å²) in [4.78, 5) is 15.7. The summed E-state index contributed by atoms with van der Waals surface area (Å²) in [5.41, 5.74) is 2.66. The number of hydrogen-bond acceptors (Lipinski definition) is 5. The highest BCUT2D eigenvalue weighted by Gasteiger charge is 2.19. The van der Waals surface area contributed by atoms with Gasteiger partial charge < -0.3 is 10.2 Å². The van der Waals surface area contributed by atoms with Crippen LogP contribution < -0.4 is 10.2 Å². The van der Waals surface area contributed by atoms with E-state index in [-0.39, 0.29) is 5.91 Å². The lowest BCUT2D eigenvalue weighted by Gasteiger charge is -2.20. The van der Waals surface area contributed by atoms with E-state index in [1.807, 2.05) is 31.2 Å². The molecule has 1 N–H and O–H groups in total. The third kappa shape index (κ3) is 3.05. The number of aromatic nitrogens is 2. The molecule has 0 bridgehead atoms. The van der Waals surface area contributed by atoms with Gasteiger partial charge in [-0.15, -0.1) is 5.10 Å². The SMILES string of the molecule is Cc1nnsc1CNC(=O)c1ccccc1N1CCCC1. The molecule has 2 aromatic rings. The molecule has 0 aliphatic carbocycles. The predicted octanol–water partition coefficient (Wildman–Crippen LogP) is 2.38. The highest BCUT2D eigenvalue weighted by Crippen LogP contribution is 2.24. The zero-order valence-electron chi connectivity index (χ0n) is 12.0. The van der Waals surface area contributed by atoms with Crippen LogP contribution in [-0.2, 0) is 6.54 Å². The topological polar surface area (TPSA) is 58.1 Å². The Hall–Kier alpha value is -1.95. The number of carbonyl (C=O) groups excluding carboxylic acids is 1. The minimum absolute atomic E-state index is 0.0368. The van der Waals surface area contributed by atoms with Gasteiger partial charge in [0.25, 0.3) is 5.91 Å². The lowest BCUT2D eigenvalue weighted by atomic mass is 10.1. The fourth-order valence-electron chi connectivity index (χ4n) is 2.57. The maximum atomic E-state index is 12.5. The van der Waals surface area contributed by atoms with E-state index in [2.05, 4.69) is 19.8 Å². The Balaban J connectivity index is 1.73. The number of anilines is 1. The molecule has 1 aromatic carbocycles. The van der Waals surface area contributed by atoms with Crippen LogP contribution in [-0.4, -0.2) is 28.6 Å². The molecule has 0 radical (unpaired) electrons. The van der Waals surface area contributed by atoms with Crippen molar-refractivity contribution < 1.29 is 4.79 Å². The van der Waals surface area contributed by atoms with E-state index >= 15 is 0 Å². The van der Waals surface area contributed by atoms with E-state index < -0.39 is 0 Å². The van der Waals surface area contributed by atoms with Crippen molar-refractivity contribution in [1.82, 2.24) is 14.9 Å². The van der Waals surface area contributed by atoms with E-state index in [1.165, 1.54) is 24.4 Å². The Morgan fingerprint density at radius 1 is 1.33 bits per heavy atom. The normalized spacial score (nSPS) is 14.4. The molecule has 5 nitrogen and oxygen atoms in total. The molecule has 1 saturated heterocycles. The van der Waals surface area contributed by atoms with Crippen molar-refractivity contribution in [3.8, 4) is 0 Å². The second kappa shape index (κ2) is 6.22. The van der Waals surface area contributed by atoms with Gasteiger partial charge in [0.15, 0.2) is 0 Å². The van der Waals surface area contributed by atoms with Crippen LogP contribution in [0.3, 0.4) is 0 Å². The Bertz CT molecular complexity index is 634. The average molecular weight is 302 g/mol. The minimum atomic E-state index is -0.0368. The number of para-hydroxylation sites is 1. The predicted molar refractivity (Wildman–Crippen MR) is 83.7 cm³/mol.